The number of Topliss-reactive ketones (excluding diaryl/α,β-unsaturated/α-hetero) is 6. The van der Waals surface area contributed by atoms with Crippen molar-refractivity contribution in [1.29, 1.82) is 0 Å². The first kappa shape index (κ1) is 62.6. The van der Waals surface area contributed by atoms with Gasteiger partial charge in [-0.2, -0.15) is 0 Å². The maximum absolute atomic E-state index is 11.0. The zero-order chi connectivity index (χ0) is 48.2. The molecule has 0 aliphatic carbocycles. The predicted octanol–water partition coefficient (Wildman–Crippen LogP) is 2.04. The van der Waals surface area contributed by atoms with Crippen LogP contribution in [-0.4, -0.2) is 122 Å². The Labute approximate surface area is 361 Å². The molecule has 0 saturated heterocycles. The number of unbranched alkanes of at least 4 members (excludes halogenated alkanes) is 4. The van der Waals surface area contributed by atoms with Crippen LogP contribution in [0.2, 0.25) is 0 Å². The van der Waals surface area contributed by atoms with E-state index < -0.39 is 65.4 Å². The van der Waals surface area contributed by atoms with E-state index in [1.54, 1.807) is 0 Å². The van der Waals surface area contributed by atoms with E-state index in [2.05, 4.69) is 25.1 Å². The number of hydrogen-bond acceptors (Lipinski definition) is 17. The number of ether oxygens (including phenoxy) is 1. The zero-order valence-electron chi connectivity index (χ0n) is 35.7. The van der Waals surface area contributed by atoms with E-state index in [1.165, 1.54) is 32.5 Å². The third kappa shape index (κ3) is 40.1. The molecular weight excluding hydrogens is 823 g/mol. The highest BCUT2D eigenvalue weighted by molar-refractivity contribution is 8.03. The number of carbonyl (C=O) groups excluding carboxylic acids is 6. The molecule has 0 bridgehead atoms. The second-order valence-electron chi connectivity index (χ2n) is 13.4. The van der Waals surface area contributed by atoms with Gasteiger partial charge >= 0.3 is 23.9 Å². The fraction of sp³-hybridized carbons (Fsp3) is 0.600. The van der Waals surface area contributed by atoms with E-state index in [0.29, 0.717) is 75.1 Å². The van der Waals surface area contributed by atoms with E-state index in [4.69, 9.17) is 48.1 Å². The average Bonchev–Trinajstić information content (AvgIpc) is 3.18. The largest absolute Gasteiger partial charge is 0.491 e. The first-order valence-corrected chi connectivity index (χ1v) is 20.3. The molecule has 0 aromatic carbocycles. The van der Waals surface area contributed by atoms with Crippen molar-refractivity contribution in [3.05, 3.63) is 36.1 Å². The van der Waals surface area contributed by atoms with Crippen molar-refractivity contribution < 1.29 is 73.1 Å². The van der Waals surface area contributed by atoms with Gasteiger partial charge in [-0.1, -0.05) is 32.6 Å². The number of carboxylic acid groups (broad SMARTS) is 4. The van der Waals surface area contributed by atoms with Crippen molar-refractivity contribution in [2.24, 2.45) is 22.9 Å². The van der Waals surface area contributed by atoms with Crippen LogP contribution in [0.3, 0.4) is 0 Å². The van der Waals surface area contributed by atoms with Crippen LogP contribution in [0.4, 0.5) is 0 Å². The standard InChI is InChI=1S/C10H18N2O3.C10H15NO5.C10H17NO4.C10H17NO3S/c1-7(8(2)13)12-6-4-3-5-9(11)10(14)15;1-6(12)9(14)8(13)5-3-2-4-7(11)10(15)16;2*1-7(12)8(2)15-6-4-3-5-9(11)10(13)14/h9,12H,1,3-6,11H2,2H3,(H,14,15);7H,2-5,11H2,1H3,(H,15,16);2*9H,2-6,11H2,1H3,(H,13,14). The van der Waals surface area contributed by atoms with Gasteiger partial charge in [0.2, 0.25) is 11.6 Å². The highest BCUT2D eigenvalue weighted by Gasteiger charge is 2.18. The zero-order valence-corrected chi connectivity index (χ0v) is 36.6. The number of rotatable bonds is 32. The summed E-state index contributed by atoms with van der Waals surface area (Å²) in [6.07, 6.45) is 6.73. The molecule has 0 fully saturated rings. The number of carboxylic acids is 4. The van der Waals surface area contributed by atoms with Gasteiger partial charge in [-0.05, 0) is 76.9 Å². The van der Waals surface area contributed by atoms with Crippen LogP contribution in [-0.2, 0) is 52.7 Å². The fourth-order valence-corrected chi connectivity index (χ4v) is 4.63. The third-order valence-electron chi connectivity index (χ3n) is 7.87. The number of allylic oxidation sites excluding steroid dienone is 3. The second kappa shape index (κ2) is 37.9. The summed E-state index contributed by atoms with van der Waals surface area (Å²) in [5.41, 5.74) is 21.6. The molecular formula is C40H67N5O15S. The summed E-state index contributed by atoms with van der Waals surface area (Å²) in [7, 11) is 0. The molecule has 0 rings (SSSR count). The lowest BCUT2D eigenvalue weighted by Gasteiger charge is -2.07. The van der Waals surface area contributed by atoms with E-state index in [0.717, 1.165) is 31.9 Å². The molecule has 0 heterocycles. The molecule has 21 heteroatoms. The number of nitrogens with two attached hydrogens (primary N) is 4. The van der Waals surface area contributed by atoms with E-state index >= 15 is 0 Å². The van der Waals surface area contributed by atoms with Crippen LogP contribution >= 0.6 is 11.8 Å². The highest BCUT2D eigenvalue weighted by Crippen LogP contribution is 2.16. The van der Waals surface area contributed by atoms with Crippen molar-refractivity contribution in [2.75, 3.05) is 18.9 Å². The Morgan fingerprint density at radius 3 is 1.30 bits per heavy atom. The van der Waals surface area contributed by atoms with Crippen molar-refractivity contribution in [2.45, 2.75) is 135 Å². The van der Waals surface area contributed by atoms with Gasteiger partial charge in [0.15, 0.2) is 23.1 Å². The minimum atomic E-state index is -1.09. The van der Waals surface area contributed by atoms with Crippen molar-refractivity contribution in [3.8, 4) is 0 Å². The van der Waals surface area contributed by atoms with Gasteiger partial charge in [0.05, 0.1) is 12.3 Å². The normalized spacial score (nSPS) is 11.9. The second-order valence-corrected chi connectivity index (χ2v) is 14.6. The van der Waals surface area contributed by atoms with Gasteiger partial charge in [-0.25, -0.2) is 0 Å². The van der Waals surface area contributed by atoms with Gasteiger partial charge < -0.3 is 53.4 Å². The topological polar surface area (TPSA) is 377 Å². The SMILES string of the molecule is C=C(NCCCCC(N)C(=O)O)C(C)=O.C=C(OCCCCC(N)C(=O)O)C(C)=O.C=C(SCCCCC(N)C(=O)O)C(C)=O.CC(=O)C(=O)C(=O)CCCCC(N)C(=O)O. The minimum Gasteiger partial charge on any atom is -0.491 e. The van der Waals surface area contributed by atoms with E-state index in [9.17, 15) is 47.9 Å². The summed E-state index contributed by atoms with van der Waals surface area (Å²) in [4.78, 5) is 107. The van der Waals surface area contributed by atoms with Gasteiger partial charge in [0.1, 0.15) is 24.2 Å². The molecule has 0 aliphatic rings. The van der Waals surface area contributed by atoms with Crippen molar-refractivity contribution in [3.63, 3.8) is 0 Å². The number of nitrogens with one attached hydrogen (secondary N) is 1. The lowest BCUT2D eigenvalue weighted by Crippen LogP contribution is -2.30. The monoisotopic (exact) mass is 889 g/mol. The Hall–Kier alpha value is -5.09. The Balaban J connectivity index is -0.000000355. The minimum absolute atomic E-state index is 0.0118. The summed E-state index contributed by atoms with van der Waals surface area (Å²) in [6.45, 7) is 16.9. The molecule has 0 aliphatic heterocycles. The molecule has 348 valence electrons. The first-order chi connectivity index (χ1) is 28.2. The quantitative estimate of drug-likeness (QED) is 0.0153. The molecule has 0 amide bonds. The molecule has 61 heavy (non-hydrogen) atoms. The molecule has 0 spiro atoms. The summed E-state index contributed by atoms with van der Waals surface area (Å²) in [5, 5.41) is 36.8. The molecule has 4 atom stereocenters. The van der Waals surface area contributed by atoms with Gasteiger partial charge in [-0.15, -0.1) is 11.8 Å². The summed E-state index contributed by atoms with van der Waals surface area (Å²) >= 11 is 1.41. The third-order valence-corrected chi connectivity index (χ3v) is 9.00. The highest BCUT2D eigenvalue weighted by atomic mass is 32.2. The number of hydrogen-bond donors (Lipinski definition) is 9. The molecule has 20 nitrogen and oxygen atoms in total. The Morgan fingerprint density at radius 2 is 0.934 bits per heavy atom. The number of thioether (sulfide) groups is 1. The summed E-state index contributed by atoms with van der Waals surface area (Å²) in [6, 6.07) is -3.33. The van der Waals surface area contributed by atoms with E-state index in [-0.39, 0.29) is 36.0 Å². The Kier molecular flexibility index (Phi) is 38.8. The van der Waals surface area contributed by atoms with E-state index in [1.807, 2.05) is 0 Å². The summed E-state index contributed by atoms with van der Waals surface area (Å²) < 4.78 is 5.01. The average molecular weight is 890 g/mol. The lowest BCUT2D eigenvalue weighted by atomic mass is 10.0. The Morgan fingerprint density at radius 1 is 0.541 bits per heavy atom. The van der Waals surface area contributed by atoms with Gasteiger partial charge in [0.25, 0.3) is 5.78 Å². The maximum Gasteiger partial charge on any atom is 0.320 e. The van der Waals surface area contributed by atoms with Gasteiger partial charge in [-0.3, -0.25) is 47.9 Å². The van der Waals surface area contributed by atoms with Gasteiger partial charge in [0, 0.05) is 38.6 Å². The fourth-order valence-electron chi connectivity index (χ4n) is 3.83. The molecule has 0 aromatic heterocycles. The molecule has 0 aromatic rings. The molecule has 13 N–H and O–H groups in total. The number of aliphatic carboxylic acids is 4. The van der Waals surface area contributed by atoms with Crippen LogP contribution in [0.5, 0.6) is 0 Å². The van der Waals surface area contributed by atoms with Crippen LogP contribution in [0.25, 0.3) is 0 Å². The van der Waals surface area contributed by atoms with Crippen molar-refractivity contribution in [1.82, 2.24) is 5.32 Å². The molecule has 0 saturated carbocycles. The molecule has 4 unspecified atom stereocenters. The maximum atomic E-state index is 11.0. The number of carbonyl (C=O) groups is 10. The lowest BCUT2D eigenvalue weighted by molar-refractivity contribution is -0.143. The molecule has 0 radical (unpaired) electrons. The van der Waals surface area contributed by atoms with Crippen LogP contribution in [0.15, 0.2) is 36.1 Å². The van der Waals surface area contributed by atoms with Crippen LogP contribution < -0.4 is 28.3 Å². The van der Waals surface area contributed by atoms with Crippen molar-refractivity contribution >= 4 is 70.3 Å². The Bertz CT molecular complexity index is 1380. The first-order valence-electron chi connectivity index (χ1n) is 19.3. The van der Waals surface area contributed by atoms with Crippen LogP contribution in [0, 0.1) is 0 Å². The smallest absolute Gasteiger partial charge is 0.320 e. The predicted molar refractivity (Wildman–Crippen MR) is 229 cm³/mol. The van der Waals surface area contributed by atoms with Crippen LogP contribution in [0.1, 0.15) is 111 Å². The summed E-state index contributed by atoms with van der Waals surface area (Å²) in [5.74, 6) is -5.90. The number of ketones is 6.